The van der Waals surface area contributed by atoms with Gasteiger partial charge in [0.1, 0.15) is 11.4 Å². The Labute approximate surface area is 138 Å². The number of amides is 1. The summed E-state index contributed by atoms with van der Waals surface area (Å²) < 4.78 is 11.0. The molecule has 0 radical (unpaired) electrons. The van der Waals surface area contributed by atoms with Gasteiger partial charge in [-0.25, -0.2) is 9.78 Å². The number of rotatable bonds is 3. The van der Waals surface area contributed by atoms with E-state index in [1.165, 1.54) is 6.39 Å². The molecule has 0 saturated carbocycles. The number of nitrogens with zero attached hydrogens (tertiary/aromatic N) is 3. The van der Waals surface area contributed by atoms with E-state index in [-0.39, 0.29) is 6.09 Å². The van der Waals surface area contributed by atoms with Crippen molar-refractivity contribution in [2.45, 2.75) is 59.1 Å². The van der Waals surface area contributed by atoms with Crippen molar-refractivity contribution in [2.75, 3.05) is 26.2 Å². The van der Waals surface area contributed by atoms with Crippen LogP contribution in [0.15, 0.2) is 10.8 Å². The molecular weight excluding hydrogens is 294 g/mol. The van der Waals surface area contributed by atoms with E-state index in [2.05, 4.69) is 23.7 Å². The summed E-state index contributed by atoms with van der Waals surface area (Å²) in [6, 6.07) is 0. The lowest BCUT2D eigenvalue weighted by atomic mass is 10.1. The summed E-state index contributed by atoms with van der Waals surface area (Å²) in [4.78, 5) is 20.7. The van der Waals surface area contributed by atoms with E-state index in [1.54, 1.807) is 4.90 Å². The van der Waals surface area contributed by atoms with Crippen LogP contribution in [0.5, 0.6) is 0 Å². The number of oxazole rings is 1. The average Bonchev–Trinajstić information content (AvgIpc) is 2.75. The zero-order chi connectivity index (χ0) is 17.0. The van der Waals surface area contributed by atoms with Crippen LogP contribution in [0.1, 0.15) is 58.4 Å². The van der Waals surface area contributed by atoms with Crippen LogP contribution in [0.4, 0.5) is 4.79 Å². The van der Waals surface area contributed by atoms with Crippen molar-refractivity contribution in [1.82, 2.24) is 14.8 Å². The molecule has 0 atom stereocenters. The van der Waals surface area contributed by atoms with Gasteiger partial charge in [0.25, 0.3) is 0 Å². The summed E-state index contributed by atoms with van der Waals surface area (Å²) in [6.45, 7) is 13.9. The third-order valence-electron chi connectivity index (χ3n) is 3.81. The highest BCUT2D eigenvalue weighted by molar-refractivity contribution is 5.68. The van der Waals surface area contributed by atoms with E-state index in [0.29, 0.717) is 12.5 Å². The smallest absolute Gasteiger partial charge is 0.410 e. The fourth-order valence-corrected chi connectivity index (χ4v) is 2.72. The van der Waals surface area contributed by atoms with Gasteiger partial charge in [-0.3, -0.25) is 4.90 Å². The van der Waals surface area contributed by atoms with Gasteiger partial charge in [0.05, 0.1) is 5.69 Å². The molecule has 2 heterocycles. The molecule has 1 aromatic heterocycles. The molecule has 1 aromatic rings. The largest absolute Gasteiger partial charge is 0.448 e. The zero-order valence-corrected chi connectivity index (χ0v) is 15.0. The van der Waals surface area contributed by atoms with E-state index in [4.69, 9.17) is 9.15 Å². The Bertz CT molecular complexity index is 519. The first-order chi connectivity index (χ1) is 10.8. The summed E-state index contributed by atoms with van der Waals surface area (Å²) in [7, 11) is 0. The van der Waals surface area contributed by atoms with E-state index in [0.717, 1.165) is 44.1 Å². The van der Waals surface area contributed by atoms with Crippen LogP contribution in [0.25, 0.3) is 0 Å². The molecule has 6 nitrogen and oxygen atoms in total. The van der Waals surface area contributed by atoms with Gasteiger partial charge in [0.2, 0.25) is 0 Å². The van der Waals surface area contributed by atoms with Crippen LogP contribution < -0.4 is 0 Å². The predicted octanol–water partition coefficient (Wildman–Crippen LogP) is 3.24. The minimum absolute atomic E-state index is 0.219. The van der Waals surface area contributed by atoms with Crippen molar-refractivity contribution in [2.24, 2.45) is 0 Å². The number of carbonyl (C=O) groups is 1. The normalized spacial score (nSPS) is 17.4. The van der Waals surface area contributed by atoms with Crippen molar-refractivity contribution in [3.63, 3.8) is 0 Å². The molecule has 130 valence electrons. The predicted molar refractivity (Wildman–Crippen MR) is 88.3 cm³/mol. The third kappa shape index (κ3) is 5.23. The SMILES string of the molecule is CC(C)c1ocnc1CN1CCCN(C(=O)OC(C)(C)C)CC1. The Morgan fingerprint density at radius 3 is 2.70 bits per heavy atom. The van der Waals surface area contributed by atoms with Crippen LogP contribution >= 0.6 is 0 Å². The Balaban J connectivity index is 1.91. The van der Waals surface area contributed by atoms with Crippen LogP contribution in [-0.4, -0.2) is 52.7 Å². The highest BCUT2D eigenvalue weighted by Gasteiger charge is 2.25. The van der Waals surface area contributed by atoms with E-state index in [9.17, 15) is 4.79 Å². The fourth-order valence-electron chi connectivity index (χ4n) is 2.72. The molecule has 2 rings (SSSR count). The van der Waals surface area contributed by atoms with Crippen LogP contribution in [0.3, 0.4) is 0 Å². The van der Waals surface area contributed by atoms with Gasteiger partial charge >= 0.3 is 6.09 Å². The van der Waals surface area contributed by atoms with Gasteiger partial charge in [0.15, 0.2) is 6.39 Å². The monoisotopic (exact) mass is 323 g/mol. The van der Waals surface area contributed by atoms with Crippen molar-refractivity contribution in [3.05, 3.63) is 17.8 Å². The van der Waals surface area contributed by atoms with Crippen LogP contribution in [0.2, 0.25) is 0 Å². The molecule has 0 N–H and O–H groups in total. The molecule has 23 heavy (non-hydrogen) atoms. The van der Waals surface area contributed by atoms with Gasteiger partial charge in [-0.2, -0.15) is 0 Å². The van der Waals surface area contributed by atoms with Crippen molar-refractivity contribution < 1.29 is 13.9 Å². The topological polar surface area (TPSA) is 58.8 Å². The molecule has 1 aliphatic heterocycles. The molecule has 1 amide bonds. The molecule has 0 spiro atoms. The summed E-state index contributed by atoms with van der Waals surface area (Å²) in [5, 5.41) is 0. The maximum atomic E-state index is 12.2. The maximum absolute atomic E-state index is 12.2. The lowest BCUT2D eigenvalue weighted by Crippen LogP contribution is -2.39. The summed E-state index contributed by atoms with van der Waals surface area (Å²) in [5.74, 6) is 1.29. The highest BCUT2D eigenvalue weighted by Crippen LogP contribution is 2.20. The van der Waals surface area contributed by atoms with Crippen molar-refractivity contribution in [1.29, 1.82) is 0 Å². The number of ether oxygens (including phenoxy) is 1. The van der Waals surface area contributed by atoms with E-state index in [1.807, 2.05) is 20.8 Å². The Hall–Kier alpha value is -1.56. The number of hydrogen-bond acceptors (Lipinski definition) is 5. The minimum Gasteiger partial charge on any atom is -0.448 e. The third-order valence-corrected chi connectivity index (χ3v) is 3.81. The summed E-state index contributed by atoms with van der Waals surface area (Å²) in [5.41, 5.74) is 0.557. The highest BCUT2D eigenvalue weighted by atomic mass is 16.6. The molecule has 1 saturated heterocycles. The van der Waals surface area contributed by atoms with Crippen LogP contribution in [-0.2, 0) is 11.3 Å². The standard InChI is InChI=1S/C17H29N3O3/c1-13(2)15-14(18-12-22-15)11-19-7-6-8-20(10-9-19)16(21)23-17(3,4)5/h12-13H,6-11H2,1-5H3. The Morgan fingerprint density at radius 1 is 1.30 bits per heavy atom. The van der Waals surface area contributed by atoms with Gasteiger partial charge in [-0.1, -0.05) is 13.8 Å². The fraction of sp³-hybridized carbons (Fsp3) is 0.765. The molecule has 0 aliphatic carbocycles. The lowest BCUT2D eigenvalue weighted by Gasteiger charge is -2.26. The molecule has 0 aromatic carbocycles. The second kappa shape index (κ2) is 7.34. The second-order valence-corrected chi connectivity index (χ2v) is 7.42. The average molecular weight is 323 g/mol. The lowest BCUT2D eigenvalue weighted by molar-refractivity contribution is 0.0257. The van der Waals surface area contributed by atoms with Crippen molar-refractivity contribution in [3.8, 4) is 0 Å². The molecular formula is C17H29N3O3. The first kappa shape index (κ1) is 17.8. The molecule has 0 bridgehead atoms. The van der Waals surface area contributed by atoms with Gasteiger partial charge < -0.3 is 14.1 Å². The first-order valence-electron chi connectivity index (χ1n) is 8.39. The maximum Gasteiger partial charge on any atom is 0.410 e. The quantitative estimate of drug-likeness (QED) is 0.854. The van der Waals surface area contributed by atoms with Gasteiger partial charge in [-0.05, 0) is 27.2 Å². The minimum atomic E-state index is -0.448. The first-order valence-corrected chi connectivity index (χ1v) is 8.39. The van der Waals surface area contributed by atoms with Gasteiger partial charge in [-0.15, -0.1) is 0 Å². The molecule has 0 unspecified atom stereocenters. The van der Waals surface area contributed by atoms with Gasteiger partial charge in [0, 0.05) is 38.6 Å². The molecule has 1 aliphatic rings. The number of hydrogen-bond donors (Lipinski definition) is 0. The van der Waals surface area contributed by atoms with Crippen molar-refractivity contribution >= 4 is 6.09 Å². The second-order valence-electron chi connectivity index (χ2n) is 7.42. The summed E-state index contributed by atoms with van der Waals surface area (Å²) >= 11 is 0. The van der Waals surface area contributed by atoms with E-state index >= 15 is 0 Å². The van der Waals surface area contributed by atoms with E-state index < -0.39 is 5.60 Å². The van der Waals surface area contributed by atoms with Crippen LogP contribution in [0, 0.1) is 0 Å². The summed E-state index contributed by atoms with van der Waals surface area (Å²) in [6.07, 6.45) is 2.24. The number of carbonyl (C=O) groups excluding carboxylic acids is 1. The molecule has 6 heteroatoms. The Kier molecular flexibility index (Phi) is 5.68. The number of aromatic nitrogens is 1. The zero-order valence-electron chi connectivity index (χ0n) is 15.0. The Morgan fingerprint density at radius 2 is 2.04 bits per heavy atom. The molecule has 1 fully saturated rings.